The van der Waals surface area contributed by atoms with E-state index in [0.29, 0.717) is 25.0 Å². The van der Waals surface area contributed by atoms with Crippen LogP contribution < -0.4 is 20.3 Å². The highest BCUT2D eigenvalue weighted by atomic mass is 32.2. The molecular weight excluding hydrogens is 412 g/mol. The van der Waals surface area contributed by atoms with Crippen molar-refractivity contribution in [2.75, 3.05) is 41.5 Å². The standard InChI is InChI=1S/C22H24N6O2S/c1-14-19(12-24-21-20(14)23-8-10-30-21)28-9-7-15-11-25-22(27-18(15)13-28)26-16-3-5-17(6-4-16)31(2)29/h3-6,11-12,23H,7-10,13H2,1-2H3,(H,25,26,27). The molecule has 1 atom stereocenters. The van der Waals surface area contributed by atoms with Gasteiger partial charge in [-0.1, -0.05) is 0 Å². The third-order valence-electron chi connectivity index (χ3n) is 5.65. The van der Waals surface area contributed by atoms with Crippen molar-refractivity contribution >= 4 is 33.8 Å². The molecule has 1 unspecified atom stereocenters. The SMILES string of the molecule is Cc1c(N2CCc3cnc(Nc4ccc(S(C)=O)cc4)nc3C2)cnc2c1NCCO2. The Balaban J connectivity index is 1.37. The summed E-state index contributed by atoms with van der Waals surface area (Å²) in [6.45, 7) is 5.12. The van der Waals surface area contributed by atoms with Gasteiger partial charge in [-0.05, 0) is 43.2 Å². The van der Waals surface area contributed by atoms with Crippen molar-refractivity contribution in [2.24, 2.45) is 0 Å². The van der Waals surface area contributed by atoms with Crippen LogP contribution in [0.1, 0.15) is 16.8 Å². The Morgan fingerprint density at radius 2 is 2.03 bits per heavy atom. The van der Waals surface area contributed by atoms with E-state index < -0.39 is 10.8 Å². The molecule has 2 aliphatic rings. The summed E-state index contributed by atoms with van der Waals surface area (Å²) >= 11 is 0. The van der Waals surface area contributed by atoms with Gasteiger partial charge in [-0.15, -0.1) is 0 Å². The van der Waals surface area contributed by atoms with Gasteiger partial charge in [0.2, 0.25) is 11.8 Å². The summed E-state index contributed by atoms with van der Waals surface area (Å²) < 4.78 is 17.2. The van der Waals surface area contributed by atoms with Crippen LogP contribution in [0, 0.1) is 6.92 Å². The number of ether oxygens (including phenoxy) is 1. The number of aromatic nitrogens is 3. The Bertz CT molecular complexity index is 1150. The van der Waals surface area contributed by atoms with Gasteiger partial charge in [0.15, 0.2) is 0 Å². The molecule has 1 aromatic carbocycles. The largest absolute Gasteiger partial charge is 0.474 e. The normalized spacial score (nSPS) is 15.9. The lowest BCUT2D eigenvalue weighted by Gasteiger charge is -2.32. The van der Waals surface area contributed by atoms with Gasteiger partial charge in [0, 0.05) is 52.5 Å². The molecule has 2 aromatic heterocycles. The molecule has 8 nitrogen and oxygen atoms in total. The van der Waals surface area contributed by atoms with E-state index in [1.165, 1.54) is 5.56 Å². The highest BCUT2D eigenvalue weighted by Gasteiger charge is 2.24. The second-order valence-electron chi connectivity index (χ2n) is 7.66. The first-order valence-corrected chi connectivity index (χ1v) is 11.8. The van der Waals surface area contributed by atoms with Crippen LogP contribution in [0.4, 0.5) is 23.0 Å². The Hall–Kier alpha value is -3.20. The lowest BCUT2D eigenvalue weighted by molar-refractivity contribution is 0.310. The topological polar surface area (TPSA) is 92.3 Å². The van der Waals surface area contributed by atoms with Crippen LogP contribution in [0.15, 0.2) is 41.6 Å². The van der Waals surface area contributed by atoms with E-state index in [0.717, 1.165) is 52.7 Å². The lowest BCUT2D eigenvalue weighted by Crippen LogP contribution is -2.32. The van der Waals surface area contributed by atoms with Crippen molar-refractivity contribution in [3.05, 3.63) is 53.5 Å². The van der Waals surface area contributed by atoms with Gasteiger partial charge in [-0.2, -0.15) is 0 Å². The quantitative estimate of drug-likeness (QED) is 0.645. The maximum absolute atomic E-state index is 11.6. The van der Waals surface area contributed by atoms with Crippen LogP contribution in [-0.4, -0.2) is 45.1 Å². The second kappa shape index (κ2) is 8.14. The molecule has 9 heteroatoms. The Morgan fingerprint density at radius 3 is 2.84 bits per heavy atom. The van der Waals surface area contributed by atoms with Gasteiger partial charge in [0.05, 0.1) is 24.1 Å². The number of anilines is 4. The predicted molar refractivity (Wildman–Crippen MR) is 122 cm³/mol. The van der Waals surface area contributed by atoms with Gasteiger partial charge in [0.25, 0.3) is 0 Å². The lowest BCUT2D eigenvalue weighted by atomic mass is 10.0. The van der Waals surface area contributed by atoms with E-state index in [2.05, 4.69) is 32.4 Å². The molecule has 160 valence electrons. The molecule has 0 radical (unpaired) electrons. The molecular formula is C22H24N6O2S. The predicted octanol–water partition coefficient (Wildman–Crippen LogP) is 3.03. The minimum atomic E-state index is -0.993. The fourth-order valence-electron chi connectivity index (χ4n) is 3.96. The molecule has 5 rings (SSSR count). The van der Waals surface area contributed by atoms with Crippen molar-refractivity contribution in [1.29, 1.82) is 0 Å². The first-order chi connectivity index (χ1) is 15.1. The van der Waals surface area contributed by atoms with Crippen LogP contribution in [-0.2, 0) is 23.8 Å². The zero-order valence-electron chi connectivity index (χ0n) is 17.5. The Morgan fingerprint density at radius 1 is 1.19 bits per heavy atom. The number of pyridine rings is 1. The van der Waals surface area contributed by atoms with E-state index >= 15 is 0 Å². The summed E-state index contributed by atoms with van der Waals surface area (Å²) in [6, 6.07) is 7.48. The van der Waals surface area contributed by atoms with E-state index in [1.54, 1.807) is 6.26 Å². The van der Waals surface area contributed by atoms with E-state index in [9.17, 15) is 4.21 Å². The number of hydrogen-bond acceptors (Lipinski definition) is 8. The van der Waals surface area contributed by atoms with Crippen LogP contribution in [0.2, 0.25) is 0 Å². The molecule has 2 aliphatic heterocycles. The summed E-state index contributed by atoms with van der Waals surface area (Å²) in [5, 5.41) is 6.66. The fourth-order valence-corrected chi connectivity index (χ4v) is 4.48. The molecule has 4 heterocycles. The summed E-state index contributed by atoms with van der Waals surface area (Å²) in [5.74, 6) is 1.23. The van der Waals surface area contributed by atoms with E-state index in [4.69, 9.17) is 9.72 Å². The zero-order valence-corrected chi connectivity index (χ0v) is 18.3. The average molecular weight is 437 g/mol. The molecule has 3 aromatic rings. The number of benzene rings is 1. The van der Waals surface area contributed by atoms with Crippen molar-refractivity contribution in [1.82, 2.24) is 15.0 Å². The monoisotopic (exact) mass is 436 g/mol. The maximum Gasteiger partial charge on any atom is 0.237 e. The number of nitrogens with one attached hydrogen (secondary N) is 2. The first-order valence-electron chi connectivity index (χ1n) is 10.2. The number of fused-ring (bicyclic) bond motifs is 2. The number of nitrogens with zero attached hydrogens (tertiary/aromatic N) is 4. The van der Waals surface area contributed by atoms with Gasteiger partial charge < -0.3 is 20.3 Å². The molecule has 0 aliphatic carbocycles. The number of hydrogen-bond donors (Lipinski definition) is 2. The second-order valence-corrected chi connectivity index (χ2v) is 9.04. The fraction of sp³-hybridized carbons (Fsp3) is 0.318. The molecule has 31 heavy (non-hydrogen) atoms. The highest BCUT2D eigenvalue weighted by Crippen LogP contribution is 2.36. The smallest absolute Gasteiger partial charge is 0.237 e. The first kappa shape index (κ1) is 19.7. The average Bonchev–Trinajstić information content (AvgIpc) is 2.79. The molecule has 0 spiro atoms. The van der Waals surface area contributed by atoms with E-state index in [1.807, 2.05) is 36.7 Å². The summed E-state index contributed by atoms with van der Waals surface area (Å²) in [6.07, 6.45) is 6.35. The highest BCUT2D eigenvalue weighted by molar-refractivity contribution is 7.84. The number of rotatable bonds is 4. The third-order valence-corrected chi connectivity index (χ3v) is 6.58. The molecule has 0 saturated heterocycles. The van der Waals surface area contributed by atoms with Crippen molar-refractivity contribution in [3.63, 3.8) is 0 Å². The summed E-state index contributed by atoms with van der Waals surface area (Å²) in [4.78, 5) is 16.9. The van der Waals surface area contributed by atoms with Crippen LogP contribution in [0.5, 0.6) is 5.88 Å². The van der Waals surface area contributed by atoms with Crippen molar-refractivity contribution in [2.45, 2.75) is 24.8 Å². The van der Waals surface area contributed by atoms with Crippen LogP contribution >= 0.6 is 0 Å². The Labute approximate surface area is 183 Å². The zero-order chi connectivity index (χ0) is 21.4. The van der Waals surface area contributed by atoms with Crippen LogP contribution in [0.25, 0.3) is 0 Å². The molecule has 0 amide bonds. The summed E-state index contributed by atoms with van der Waals surface area (Å²) in [5.41, 5.74) is 6.27. The molecule has 2 N–H and O–H groups in total. The van der Waals surface area contributed by atoms with Crippen LogP contribution in [0.3, 0.4) is 0 Å². The van der Waals surface area contributed by atoms with E-state index in [-0.39, 0.29) is 0 Å². The Kier molecular flexibility index (Phi) is 5.19. The molecule has 0 saturated carbocycles. The summed E-state index contributed by atoms with van der Waals surface area (Å²) in [7, 11) is -0.993. The molecule has 0 fully saturated rings. The van der Waals surface area contributed by atoms with Gasteiger partial charge in [-0.3, -0.25) is 4.21 Å². The van der Waals surface area contributed by atoms with Gasteiger partial charge in [0.1, 0.15) is 12.3 Å². The molecule has 0 bridgehead atoms. The van der Waals surface area contributed by atoms with Gasteiger partial charge >= 0.3 is 0 Å². The van der Waals surface area contributed by atoms with Crippen molar-refractivity contribution in [3.8, 4) is 5.88 Å². The minimum Gasteiger partial charge on any atom is -0.474 e. The third kappa shape index (κ3) is 3.93. The van der Waals surface area contributed by atoms with Gasteiger partial charge in [-0.25, -0.2) is 15.0 Å². The maximum atomic E-state index is 11.6. The van der Waals surface area contributed by atoms with Crippen molar-refractivity contribution < 1.29 is 8.95 Å². The minimum absolute atomic E-state index is 0.557.